The molecule has 0 bridgehead atoms. The van der Waals surface area contributed by atoms with Crippen LogP contribution in [0.4, 0.5) is 8.78 Å². The third-order valence-electron chi connectivity index (χ3n) is 2.83. The summed E-state index contributed by atoms with van der Waals surface area (Å²) in [5.74, 6) is -3.36. The Labute approximate surface area is 128 Å². The van der Waals surface area contributed by atoms with Crippen molar-refractivity contribution >= 4 is 20.0 Å². The van der Waals surface area contributed by atoms with Gasteiger partial charge < -0.3 is 5.73 Å². The van der Waals surface area contributed by atoms with Crippen molar-refractivity contribution in [1.82, 2.24) is 9.44 Å². The molecule has 0 aliphatic rings. The van der Waals surface area contributed by atoms with Crippen LogP contribution in [0.2, 0.25) is 0 Å². The van der Waals surface area contributed by atoms with Crippen molar-refractivity contribution < 1.29 is 25.6 Å². The summed E-state index contributed by atoms with van der Waals surface area (Å²) in [6, 6.07) is 3.21. The van der Waals surface area contributed by atoms with E-state index in [9.17, 15) is 25.6 Å². The monoisotopic (exact) mass is 357 g/mol. The molecule has 0 aliphatic heterocycles. The van der Waals surface area contributed by atoms with E-state index in [0.717, 1.165) is 18.2 Å². The van der Waals surface area contributed by atoms with Crippen LogP contribution in [-0.4, -0.2) is 42.9 Å². The highest BCUT2D eigenvalue weighted by Gasteiger charge is 2.29. The van der Waals surface area contributed by atoms with Crippen molar-refractivity contribution in [3.05, 3.63) is 23.8 Å². The van der Waals surface area contributed by atoms with E-state index in [-0.39, 0.29) is 15.4 Å². The highest BCUT2D eigenvalue weighted by atomic mass is 32.2. The molecule has 0 radical (unpaired) electrons. The van der Waals surface area contributed by atoms with Crippen LogP contribution in [0.3, 0.4) is 0 Å². The van der Waals surface area contributed by atoms with Crippen LogP contribution in [0, 0.1) is 6.92 Å². The smallest absolute Gasteiger partial charge is 0.273 e. The molecule has 1 aromatic carbocycles. The maximum atomic E-state index is 13.0. The van der Waals surface area contributed by atoms with E-state index in [4.69, 9.17) is 5.73 Å². The first-order valence-electron chi connectivity index (χ1n) is 6.07. The number of halogens is 2. The molecule has 0 unspecified atom stereocenters. The molecule has 0 atom stereocenters. The molecular formula is C11H17F2N3O4S2. The lowest BCUT2D eigenvalue weighted by molar-refractivity contribution is 0.0170. The Hall–Kier alpha value is -1.14. The fourth-order valence-electron chi connectivity index (χ4n) is 1.56. The first kappa shape index (κ1) is 18.9. The molecule has 0 fully saturated rings. The Balaban J connectivity index is 3.11. The normalized spacial score (nSPS) is 13.3. The minimum absolute atomic E-state index is 0.0961. The fourth-order valence-corrected chi connectivity index (χ4v) is 3.65. The van der Waals surface area contributed by atoms with Crippen LogP contribution in [-0.2, 0) is 20.0 Å². The molecule has 22 heavy (non-hydrogen) atoms. The van der Waals surface area contributed by atoms with Gasteiger partial charge in [0.25, 0.3) is 5.92 Å². The van der Waals surface area contributed by atoms with Crippen LogP contribution in [0.25, 0.3) is 0 Å². The Morgan fingerprint density at radius 3 is 2.23 bits per heavy atom. The predicted molar refractivity (Wildman–Crippen MR) is 76.6 cm³/mol. The summed E-state index contributed by atoms with van der Waals surface area (Å²) in [7, 11) is -6.71. The largest absolute Gasteiger partial charge is 0.325 e. The van der Waals surface area contributed by atoms with Crippen molar-refractivity contribution in [2.24, 2.45) is 5.73 Å². The summed E-state index contributed by atoms with van der Waals surface area (Å²) in [5.41, 5.74) is 4.99. The van der Waals surface area contributed by atoms with Gasteiger partial charge in [-0.15, -0.1) is 0 Å². The summed E-state index contributed by atoms with van der Waals surface area (Å²) in [6.45, 7) is -0.729. The molecule has 0 heterocycles. The third-order valence-corrected chi connectivity index (χ3v) is 5.81. The van der Waals surface area contributed by atoms with Crippen LogP contribution < -0.4 is 15.2 Å². The minimum atomic E-state index is -4.20. The summed E-state index contributed by atoms with van der Waals surface area (Å²) in [6.07, 6.45) is 0. The maximum Gasteiger partial charge on any atom is 0.273 e. The molecule has 0 aliphatic carbocycles. The van der Waals surface area contributed by atoms with Crippen molar-refractivity contribution in [3.63, 3.8) is 0 Å². The minimum Gasteiger partial charge on any atom is -0.325 e. The molecule has 4 N–H and O–H groups in total. The standard InChI is InChI=1S/C11H17F2N3O4S2/c1-8-5-9(3-4-10(8)22(19,20)15-2)21(17,18)16-7-11(12,13)6-14/h3-5,15-16H,6-7,14H2,1-2H3. The molecule has 0 saturated carbocycles. The van der Waals surface area contributed by atoms with Gasteiger partial charge in [-0.1, -0.05) is 0 Å². The van der Waals surface area contributed by atoms with E-state index in [1.54, 1.807) is 4.72 Å². The van der Waals surface area contributed by atoms with Gasteiger partial charge >= 0.3 is 0 Å². The van der Waals surface area contributed by atoms with Gasteiger partial charge in [0.05, 0.1) is 22.9 Å². The lowest BCUT2D eigenvalue weighted by Crippen LogP contribution is -2.41. The number of sulfonamides is 2. The Morgan fingerprint density at radius 1 is 1.18 bits per heavy atom. The number of benzene rings is 1. The Bertz CT molecular complexity index is 749. The van der Waals surface area contributed by atoms with Crippen LogP contribution >= 0.6 is 0 Å². The van der Waals surface area contributed by atoms with E-state index < -0.39 is 39.1 Å². The quantitative estimate of drug-likeness (QED) is 0.623. The van der Waals surface area contributed by atoms with Gasteiger partial charge in [-0.3, -0.25) is 0 Å². The lowest BCUT2D eigenvalue weighted by Gasteiger charge is -2.15. The zero-order chi connectivity index (χ0) is 17.2. The SMILES string of the molecule is CNS(=O)(=O)c1ccc(S(=O)(=O)NCC(F)(F)CN)cc1C. The topological polar surface area (TPSA) is 118 Å². The van der Waals surface area contributed by atoms with Crippen LogP contribution in [0.5, 0.6) is 0 Å². The summed E-state index contributed by atoms with van der Waals surface area (Å²) < 4.78 is 77.1. The molecular weight excluding hydrogens is 340 g/mol. The van der Waals surface area contributed by atoms with Gasteiger partial charge in [0.15, 0.2) is 0 Å². The number of rotatable bonds is 7. The van der Waals surface area contributed by atoms with Gasteiger partial charge in [-0.05, 0) is 37.7 Å². The lowest BCUT2D eigenvalue weighted by atomic mass is 10.2. The molecule has 0 amide bonds. The number of nitrogens with two attached hydrogens (primary N) is 1. The number of hydrogen-bond donors (Lipinski definition) is 3. The molecule has 7 nitrogen and oxygen atoms in total. The van der Waals surface area contributed by atoms with Crippen molar-refractivity contribution in [2.45, 2.75) is 22.6 Å². The average molecular weight is 357 g/mol. The first-order valence-corrected chi connectivity index (χ1v) is 9.03. The first-order chi connectivity index (χ1) is 9.95. The zero-order valence-corrected chi connectivity index (χ0v) is 13.6. The molecule has 126 valence electrons. The van der Waals surface area contributed by atoms with E-state index in [1.807, 2.05) is 0 Å². The van der Waals surface area contributed by atoms with Crippen molar-refractivity contribution in [2.75, 3.05) is 20.1 Å². The molecule has 0 aromatic heterocycles. The highest BCUT2D eigenvalue weighted by Crippen LogP contribution is 2.20. The van der Waals surface area contributed by atoms with Gasteiger partial charge in [0.1, 0.15) is 0 Å². The van der Waals surface area contributed by atoms with E-state index >= 15 is 0 Å². The van der Waals surface area contributed by atoms with Gasteiger partial charge in [-0.2, -0.15) is 0 Å². The van der Waals surface area contributed by atoms with Crippen LogP contribution in [0.15, 0.2) is 28.0 Å². The van der Waals surface area contributed by atoms with Gasteiger partial charge in [0.2, 0.25) is 20.0 Å². The molecule has 11 heteroatoms. The molecule has 1 rings (SSSR count). The summed E-state index contributed by atoms with van der Waals surface area (Å²) in [4.78, 5) is -0.408. The Kier molecular flexibility index (Phi) is 5.62. The number of nitrogens with one attached hydrogen (secondary N) is 2. The zero-order valence-electron chi connectivity index (χ0n) is 11.9. The van der Waals surface area contributed by atoms with E-state index in [0.29, 0.717) is 0 Å². The third kappa shape index (κ3) is 4.43. The predicted octanol–water partition coefficient (Wildman–Crippen LogP) is -0.225. The Morgan fingerprint density at radius 2 is 1.77 bits per heavy atom. The fraction of sp³-hybridized carbons (Fsp3) is 0.455. The summed E-state index contributed by atoms with van der Waals surface area (Å²) >= 11 is 0. The molecule has 1 aromatic rings. The van der Waals surface area contributed by atoms with Crippen molar-refractivity contribution in [3.8, 4) is 0 Å². The molecule has 0 saturated heterocycles. The molecule has 0 spiro atoms. The number of alkyl halides is 2. The summed E-state index contributed by atoms with van der Waals surface area (Å²) in [5, 5.41) is 0. The second kappa shape index (κ2) is 6.54. The average Bonchev–Trinajstić information content (AvgIpc) is 2.45. The van der Waals surface area contributed by atoms with Crippen molar-refractivity contribution in [1.29, 1.82) is 0 Å². The highest BCUT2D eigenvalue weighted by molar-refractivity contribution is 7.90. The maximum absolute atomic E-state index is 13.0. The van der Waals surface area contributed by atoms with E-state index in [2.05, 4.69) is 4.72 Å². The van der Waals surface area contributed by atoms with Crippen LogP contribution in [0.1, 0.15) is 5.56 Å². The van der Waals surface area contributed by atoms with E-state index in [1.165, 1.54) is 14.0 Å². The van der Waals surface area contributed by atoms with Gasteiger partial charge in [0, 0.05) is 0 Å². The number of aryl methyl sites for hydroxylation is 1. The number of hydrogen-bond acceptors (Lipinski definition) is 5. The second-order valence-corrected chi connectivity index (χ2v) is 8.14. The van der Waals surface area contributed by atoms with Gasteiger partial charge in [-0.25, -0.2) is 35.1 Å². The second-order valence-electron chi connectivity index (χ2n) is 4.52.